The lowest BCUT2D eigenvalue weighted by atomic mass is 10.1. The number of carboxylic acids is 1. The predicted molar refractivity (Wildman–Crippen MR) is 104 cm³/mol. The molecule has 0 aliphatic heterocycles. The number of carboxylic acid groups (broad SMARTS) is 1. The van der Waals surface area contributed by atoms with Crippen molar-refractivity contribution in [3.8, 4) is 11.3 Å². The number of benzene rings is 1. The van der Waals surface area contributed by atoms with E-state index in [0.29, 0.717) is 6.42 Å². The Hall–Kier alpha value is -3.21. The van der Waals surface area contributed by atoms with Gasteiger partial charge in [-0.25, -0.2) is 4.98 Å². The molecule has 1 saturated carbocycles. The second-order valence-electron chi connectivity index (χ2n) is 7.01. The normalized spacial score (nSPS) is 18.1. The van der Waals surface area contributed by atoms with E-state index in [4.69, 9.17) is 5.11 Å². The van der Waals surface area contributed by atoms with Crippen molar-refractivity contribution in [3.05, 3.63) is 77.6 Å². The van der Waals surface area contributed by atoms with Gasteiger partial charge in [-0.15, -0.1) is 0 Å². The maximum Gasteiger partial charge on any atom is 0.307 e. The Kier molecular flexibility index (Phi) is 4.59. The number of hydrogen-bond donors (Lipinski definition) is 2. The zero-order valence-corrected chi connectivity index (χ0v) is 15.1. The van der Waals surface area contributed by atoms with Crippen LogP contribution in [0.3, 0.4) is 0 Å². The van der Waals surface area contributed by atoms with Crippen molar-refractivity contribution in [3.63, 3.8) is 0 Å². The van der Waals surface area contributed by atoms with E-state index in [1.807, 2.05) is 30.3 Å². The summed E-state index contributed by atoms with van der Waals surface area (Å²) in [5.74, 6) is -0.188. The molecule has 1 aliphatic carbocycles. The fourth-order valence-electron chi connectivity index (χ4n) is 3.28. The van der Waals surface area contributed by atoms with Crippen LogP contribution in [-0.2, 0) is 11.3 Å². The molecule has 5 heteroatoms. The monoisotopic (exact) mass is 359 g/mol. The van der Waals surface area contributed by atoms with E-state index in [9.17, 15) is 4.79 Å². The number of nitrogens with one attached hydrogen (secondary N) is 1. The number of aromatic nitrogens is 2. The minimum Gasteiger partial charge on any atom is -0.481 e. The van der Waals surface area contributed by atoms with Crippen LogP contribution in [0.4, 0.5) is 5.82 Å². The first-order chi connectivity index (χ1) is 13.1. The van der Waals surface area contributed by atoms with Gasteiger partial charge < -0.3 is 10.4 Å². The van der Waals surface area contributed by atoms with Crippen molar-refractivity contribution in [2.75, 3.05) is 5.32 Å². The third-order valence-electron chi connectivity index (χ3n) is 4.87. The lowest BCUT2D eigenvalue weighted by molar-refractivity contribution is -0.138. The molecule has 0 saturated heterocycles. The van der Waals surface area contributed by atoms with Crippen LogP contribution in [0.1, 0.15) is 29.2 Å². The van der Waals surface area contributed by atoms with Crippen molar-refractivity contribution in [2.45, 2.75) is 25.8 Å². The molecule has 0 unspecified atom stereocenters. The standard InChI is InChI=1S/C22H21N3O2/c1-14-4-2-5-15(10-14)12-23-21-9-8-16(13-24-21)19-6-3-7-20(25-19)17-11-18(17)22(26)27/h2-10,13,17-18H,11-12H2,1H3,(H,23,24)(H,26,27)/t17-,18-/m0/s1. The molecular formula is C22H21N3O2. The summed E-state index contributed by atoms with van der Waals surface area (Å²) in [7, 11) is 0. The fraction of sp³-hybridized carbons (Fsp3) is 0.227. The summed E-state index contributed by atoms with van der Waals surface area (Å²) < 4.78 is 0. The largest absolute Gasteiger partial charge is 0.481 e. The Labute approximate surface area is 158 Å². The Bertz CT molecular complexity index is 969. The molecule has 27 heavy (non-hydrogen) atoms. The summed E-state index contributed by atoms with van der Waals surface area (Å²) in [6.45, 7) is 2.80. The molecule has 5 nitrogen and oxygen atoms in total. The zero-order chi connectivity index (χ0) is 18.8. The highest BCUT2D eigenvalue weighted by molar-refractivity contribution is 5.75. The molecule has 2 N–H and O–H groups in total. The Morgan fingerprint density at radius 3 is 2.74 bits per heavy atom. The second kappa shape index (κ2) is 7.19. The van der Waals surface area contributed by atoms with Crippen LogP contribution in [0.5, 0.6) is 0 Å². The van der Waals surface area contributed by atoms with Crippen LogP contribution in [0.2, 0.25) is 0 Å². The maximum atomic E-state index is 11.1. The van der Waals surface area contributed by atoms with E-state index in [1.54, 1.807) is 6.20 Å². The van der Waals surface area contributed by atoms with Gasteiger partial charge in [0.2, 0.25) is 0 Å². The van der Waals surface area contributed by atoms with Gasteiger partial charge in [0.05, 0.1) is 11.6 Å². The van der Waals surface area contributed by atoms with Gasteiger partial charge in [-0.2, -0.15) is 0 Å². The Morgan fingerprint density at radius 2 is 2.04 bits per heavy atom. The minimum absolute atomic E-state index is 0.0330. The Morgan fingerprint density at radius 1 is 1.19 bits per heavy atom. The van der Waals surface area contributed by atoms with Gasteiger partial charge in [-0.1, -0.05) is 35.9 Å². The summed E-state index contributed by atoms with van der Waals surface area (Å²) in [6.07, 6.45) is 2.47. The zero-order valence-electron chi connectivity index (χ0n) is 15.1. The minimum atomic E-state index is -0.738. The SMILES string of the molecule is Cc1cccc(CNc2ccc(-c3cccc([C@H]4C[C@@H]4C(=O)O)n3)cn2)c1. The van der Waals surface area contributed by atoms with Crippen LogP contribution in [0.25, 0.3) is 11.3 Å². The molecule has 136 valence electrons. The quantitative estimate of drug-likeness (QED) is 0.688. The predicted octanol–water partition coefficient (Wildman–Crippen LogP) is 4.25. The molecule has 2 heterocycles. The number of pyridine rings is 2. The number of rotatable bonds is 6. The molecule has 0 radical (unpaired) electrons. The highest BCUT2D eigenvalue weighted by Crippen LogP contribution is 2.47. The van der Waals surface area contributed by atoms with Gasteiger partial charge in [0.15, 0.2) is 0 Å². The van der Waals surface area contributed by atoms with Crippen LogP contribution in [0.15, 0.2) is 60.8 Å². The number of carbonyl (C=O) groups is 1. The number of aryl methyl sites for hydroxylation is 1. The van der Waals surface area contributed by atoms with Gasteiger partial charge in [0.25, 0.3) is 0 Å². The van der Waals surface area contributed by atoms with Crippen molar-refractivity contribution >= 4 is 11.8 Å². The van der Waals surface area contributed by atoms with Crippen LogP contribution in [-0.4, -0.2) is 21.0 Å². The van der Waals surface area contributed by atoms with Crippen LogP contribution >= 0.6 is 0 Å². The molecule has 3 aromatic rings. The van der Waals surface area contributed by atoms with Crippen molar-refractivity contribution in [1.29, 1.82) is 0 Å². The number of anilines is 1. The number of hydrogen-bond acceptors (Lipinski definition) is 4. The molecular weight excluding hydrogens is 338 g/mol. The van der Waals surface area contributed by atoms with Crippen molar-refractivity contribution in [2.24, 2.45) is 5.92 Å². The molecule has 2 aromatic heterocycles. The van der Waals surface area contributed by atoms with E-state index >= 15 is 0 Å². The summed E-state index contributed by atoms with van der Waals surface area (Å²) in [5, 5.41) is 12.4. The first-order valence-corrected chi connectivity index (χ1v) is 9.06. The summed E-state index contributed by atoms with van der Waals surface area (Å²) >= 11 is 0. The van der Waals surface area contributed by atoms with E-state index in [0.717, 1.165) is 29.3 Å². The van der Waals surface area contributed by atoms with Gasteiger partial charge in [0.1, 0.15) is 5.82 Å². The van der Waals surface area contributed by atoms with Gasteiger partial charge in [0, 0.05) is 29.9 Å². The topological polar surface area (TPSA) is 75.1 Å². The second-order valence-corrected chi connectivity index (χ2v) is 7.01. The average Bonchev–Trinajstić information content (AvgIpc) is 3.48. The smallest absolute Gasteiger partial charge is 0.307 e. The average molecular weight is 359 g/mol. The first-order valence-electron chi connectivity index (χ1n) is 9.06. The summed E-state index contributed by atoms with van der Waals surface area (Å²) in [6, 6.07) is 18.1. The molecule has 0 amide bonds. The third kappa shape index (κ3) is 3.97. The summed E-state index contributed by atoms with van der Waals surface area (Å²) in [5.41, 5.74) is 5.05. The molecule has 2 atom stereocenters. The van der Waals surface area contributed by atoms with E-state index in [1.165, 1.54) is 11.1 Å². The molecule has 0 bridgehead atoms. The lowest BCUT2D eigenvalue weighted by Gasteiger charge is -2.08. The van der Waals surface area contributed by atoms with Gasteiger partial charge in [-0.3, -0.25) is 9.78 Å². The van der Waals surface area contributed by atoms with E-state index in [2.05, 4.69) is 46.5 Å². The molecule has 1 aliphatic rings. The van der Waals surface area contributed by atoms with Crippen molar-refractivity contribution in [1.82, 2.24) is 9.97 Å². The van der Waals surface area contributed by atoms with E-state index < -0.39 is 5.97 Å². The molecule has 0 spiro atoms. The van der Waals surface area contributed by atoms with Gasteiger partial charge >= 0.3 is 5.97 Å². The van der Waals surface area contributed by atoms with Gasteiger partial charge in [-0.05, 0) is 43.2 Å². The lowest BCUT2D eigenvalue weighted by Crippen LogP contribution is -2.02. The van der Waals surface area contributed by atoms with E-state index in [-0.39, 0.29) is 11.8 Å². The van der Waals surface area contributed by atoms with Crippen LogP contribution < -0.4 is 5.32 Å². The first kappa shape index (κ1) is 17.2. The van der Waals surface area contributed by atoms with Crippen LogP contribution in [0, 0.1) is 12.8 Å². The Balaban J connectivity index is 1.44. The van der Waals surface area contributed by atoms with Crippen molar-refractivity contribution < 1.29 is 9.90 Å². The third-order valence-corrected chi connectivity index (χ3v) is 4.87. The number of aliphatic carboxylic acids is 1. The highest BCUT2D eigenvalue weighted by atomic mass is 16.4. The molecule has 1 fully saturated rings. The maximum absolute atomic E-state index is 11.1. The highest BCUT2D eigenvalue weighted by Gasteiger charge is 2.45. The fourth-order valence-corrected chi connectivity index (χ4v) is 3.28. The molecule has 4 rings (SSSR count). The molecule has 1 aromatic carbocycles. The summed E-state index contributed by atoms with van der Waals surface area (Å²) in [4.78, 5) is 20.2. The number of nitrogens with zero attached hydrogens (tertiary/aromatic N) is 2.